The van der Waals surface area contributed by atoms with E-state index >= 15 is 0 Å². The van der Waals surface area contributed by atoms with Gasteiger partial charge >= 0.3 is 0 Å². The monoisotopic (exact) mass is 157 g/mol. The predicted octanol–water partition coefficient (Wildman–Crippen LogP) is 3.29. The fraction of sp³-hybridized carbons (Fsp3) is 0.625. The van der Waals surface area contributed by atoms with E-state index in [4.69, 9.17) is 0 Å². The van der Waals surface area contributed by atoms with Gasteiger partial charge in [-0.1, -0.05) is 26.3 Å². The van der Waals surface area contributed by atoms with Gasteiger partial charge in [0, 0.05) is 11.9 Å². The second kappa shape index (κ2) is 3.81. The molecule has 0 spiro atoms. The van der Waals surface area contributed by atoms with Crippen molar-refractivity contribution in [3.05, 3.63) is 11.0 Å². The van der Waals surface area contributed by atoms with E-state index in [2.05, 4.69) is 38.8 Å². The van der Waals surface area contributed by atoms with Crippen LogP contribution in [0.25, 0.3) is 0 Å². The summed E-state index contributed by atoms with van der Waals surface area (Å²) in [5.41, 5.74) is 1.60. The summed E-state index contributed by atoms with van der Waals surface area (Å²) in [7, 11) is 0. The quantitative estimate of drug-likeness (QED) is 0.442. The fourth-order valence-corrected chi connectivity index (χ4v) is 0.879. The Morgan fingerprint density at radius 2 is 2.00 bits per heavy atom. The molecule has 1 nitrogen and oxygen atoms in total. The lowest BCUT2D eigenvalue weighted by Crippen LogP contribution is -2.05. The summed E-state index contributed by atoms with van der Waals surface area (Å²) in [4.78, 5) is 0. The van der Waals surface area contributed by atoms with Crippen LogP contribution < -0.4 is 0 Å². The topological polar surface area (TPSA) is 12.4 Å². The highest BCUT2D eigenvalue weighted by Gasteiger charge is 2.11. The smallest absolute Gasteiger partial charge is 0.00144 e. The highest BCUT2D eigenvalue weighted by Crippen LogP contribution is 2.26. The van der Waals surface area contributed by atoms with Crippen molar-refractivity contribution in [1.29, 1.82) is 0 Å². The van der Waals surface area contributed by atoms with Crippen molar-refractivity contribution in [2.24, 2.45) is 9.81 Å². The van der Waals surface area contributed by atoms with Crippen molar-refractivity contribution in [2.75, 3.05) is 0 Å². The van der Waals surface area contributed by atoms with Gasteiger partial charge in [0.15, 0.2) is 0 Å². The van der Waals surface area contributed by atoms with E-state index in [1.165, 1.54) is 17.5 Å². The molecule has 58 valence electrons. The van der Waals surface area contributed by atoms with Crippen LogP contribution in [-0.2, 0) is 0 Å². The van der Waals surface area contributed by atoms with Crippen LogP contribution >= 0.6 is 11.9 Å². The van der Waals surface area contributed by atoms with E-state index in [0.29, 0.717) is 0 Å². The highest BCUT2D eigenvalue weighted by atomic mass is 32.2. The molecule has 0 saturated heterocycles. The van der Waals surface area contributed by atoms with Crippen LogP contribution in [0.2, 0.25) is 0 Å². The largest absolute Gasteiger partial charge is 0.228 e. The van der Waals surface area contributed by atoms with Crippen LogP contribution in [0.4, 0.5) is 0 Å². The first-order valence-electron chi connectivity index (χ1n) is 3.27. The molecule has 0 aromatic heterocycles. The fourth-order valence-electron chi connectivity index (χ4n) is 0.293. The summed E-state index contributed by atoms with van der Waals surface area (Å²) in [6, 6.07) is 0. The summed E-state index contributed by atoms with van der Waals surface area (Å²) in [5, 5.41) is 2.03. The normalized spacial score (nSPS) is 13.4. The number of hydrogen-bond donors (Lipinski definition) is 0. The van der Waals surface area contributed by atoms with Crippen LogP contribution in [0.1, 0.15) is 27.7 Å². The Bertz CT molecular complexity index is 142. The SMILES string of the molecule is C=NS/C=C(/C)C(C)(C)C. The van der Waals surface area contributed by atoms with Crippen LogP contribution in [0.5, 0.6) is 0 Å². The molecule has 0 aliphatic heterocycles. The van der Waals surface area contributed by atoms with Gasteiger partial charge in [-0.3, -0.25) is 0 Å². The Labute approximate surface area is 67.8 Å². The van der Waals surface area contributed by atoms with E-state index in [1.54, 1.807) is 0 Å². The summed E-state index contributed by atoms with van der Waals surface area (Å²) in [6.45, 7) is 12.0. The third-order valence-corrected chi connectivity index (χ3v) is 2.10. The van der Waals surface area contributed by atoms with Gasteiger partial charge in [-0.15, -0.1) is 0 Å². The van der Waals surface area contributed by atoms with E-state index in [-0.39, 0.29) is 5.41 Å². The maximum absolute atomic E-state index is 3.68. The molecule has 0 unspecified atom stereocenters. The van der Waals surface area contributed by atoms with E-state index in [1.807, 2.05) is 5.41 Å². The maximum atomic E-state index is 3.68. The zero-order valence-corrected chi connectivity index (χ0v) is 7.96. The lowest BCUT2D eigenvalue weighted by atomic mass is 9.89. The van der Waals surface area contributed by atoms with E-state index < -0.39 is 0 Å². The molecular weight excluding hydrogens is 142 g/mol. The van der Waals surface area contributed by atoms with E-state index in [9.17, 15) is 0 Å². The van der Waals surface area contributed by atoms with Crippen molar-refractivity contribution in [3.63, 3.8) is 0 Å². The Balaban J connectivity index is 4.05. The Kier molecular flexibility index (Phi) is 3.72. The number of hydrogen-bond acceptors (Lipinski definition) is 2. The molecule has 0 aliphatic rings. The van der Waals surface area contributed by atoms with Crippen LogP contribution in [0.15, 0.2) is 15.4 Å². The minimum Gasteiger partial charge on any atom is -0.228 e. The standard InChI is InChI=1S/C8H15NS/c1-7(6-10-9-5)8(2,3)4/h6H,5H2,1-4H3/b7-6-. The third-order valence-electron chi connectivity index (χ3n) is 1.49. The van der Waals surface area contributed by atoms with Gasteiger partial charge in [0.2, 0.25) is 0 Å². The lowest BCUT2D eigenvalue weighted by Gasteiger charge is -2.18. The van der Waals surface area contributed by atoms with Crippen molar-refractivity contribution < 1.29 is 0 Å². The van der Waals surface area contributed by atoms with Gasteiger partial charge in [-0.25, -0.2) is 4.40 Å². The molecule has 10 heavy (non-hydrogen) atoms. The van der Waals surface area contributed by atoms with Crippen LogP contribution in [0.3, 0.4) is 0 Å². The van der Waals surface area contributed by atoms with Gasteiger partial charge in [-0.05, 0) is 24.5 Å². The molecule has 0 bridgehead atoms. The molecule has 0 rings (SSSR count). The molecule has 0 aliphatic carbocycles. The molecule has 0 heterocycles. The molecule has 2 heteroatoms. The molecule has 0 aromatic carbocycles. The number of rotatable bonds is 2. The second-order valence-corrected chi connectivity index (χ2v) is 3.99. The molecule has 0 saturated carbocycles. The molecule has 0 amide bonds. The van der Waals surface area contributed by atoms with Crippen molar-refractivity contribution >= 4 is 18.7 Å². The maximum Gasteiger partial charge on any atom is 0.00144 e. The summed E-state index contributed by atoms with van der Waals surface area (Å²) < 4.78 is 3.68. The van der Waals surface area contributed by atoms with Crippen LogP contribution in [-0.4, -0.2) is 6.72 Å². The minimum atomic E-state index is 0.262. The molecule has 0 fully saturated rings. The summed E-state index contributed by atoms with van der Waals surface area (Å²) in [5.74, 6) is 0. The van der Waals surface area contributed by atoms with Gasteiger partial charge in [0.1, 0.15) is 0 Å². The average molecular weight is 157 g/mol. The second-order valence-electron chi connectivity index (χ2n) is 3.29. The van der Waals surface area contributed by atoms with Gasteiger partial charge in [-0.2, -0.15) is 0 Å². The van der Waals surface area contributed by atoms with Crippen LogP contribution in [0, 0.1) is 5.41 Å². The predicted molar refractivity (Wildman–Crippen MR) is 50.4 cm³/mol. The van der Waals surface area contributed by atoms with Gasteiger partial charge in [0.25, 0.3) is 0 Å². The van der Waals surface area contributed by atoms with E-state index in [0.717, 1.165) is 0 Å². The Morgan fingerprint density at radius 1 is 1.50 bits per heavy atom. The Morgan fingerprint density at radius 3 is 2.30 bits per heavy atom. The zero-order valence-electron chi connectivity index (χ0n) is 7.14. The molecule has 0 N–H and O–H groups in total. The zero-order chi connectivity index (χ0) is 8.20. The first kappa shape index (κ1) is 9.76. The van der Waals surface area contributed by atoms with Gasteiger partial charge in [0.05, 0.1) is 0 Å². The first-order chi connectivity index (χ1) is 4.48. The first-order valence-corrected chi connectivity index (χ1v) is 4.11. The number of allylic oxidation sites excluding steroid dienone is 1. The number of nitrogens with zero attached hydrogens (tertiary/aromatic N) is 1. The molecule has 0 aromatic rings. The van der Waals surface area contributed by atoms with Crippen molar-refractivity contribution in [3.8, 4) is 0 Å². The highest BCUT2D eigenvalue weighted by molar-refractivity contribution is 8.00. The average Bonchev–Trinajstić information content (AvgIpc) is 1.80. The third kappa shape index (κ3) is 3.72. The van der Waals surface area contributed by atoms with Crippen molar-refractivity contribution in [1.82, 2.24) is 0 Å². The molecular formula is C8H15NS. The van der Waals surface area contributed by atoms with Crippen molar-refractivity contribution in [2.45, 2.75) is 27.7 Å². The summed E-state index contributed by atoms with van der Waals surface area (Å²) >= 11 is 1.39. The summed E-state index contributed by atoms with van der Waals surface area (Å²) in [6.07, 6.45) is 0. The lowest BCUT2D eigenvalue weighted by molar-refractivity contribution is 0.505. The molecule has 0 radical (unpaired) electrons. The molecule has 0 atom stereocenters. The Hall–Kier alpha value is -0.240. The van der Waals surface area contributed by atoms with Gasteiger partial charge < -0.3 is 0 Å². The minimum absolute atomic E-state index is 0.262.